The van der Waals surface area contributed by atoms with Gasteiger partial charge in [0, 0.05) is 30.5 Å². The zero-order chi connectivity index (χ0) is 25.7. The Morgan fingerprint density at radius 3 is 2.25 bits per heavy atom. The van der Waals surface area contributed by atoms with Gasteiger partial charge in [0.05, 0.1) is 16.6 Å². The van der Waals surface area contributed by atoms with E-state index in [4.69, 9.17) is 0 Å². The highest BCUT2D eigenvalue weighted by molar-refractivity contribution is 5.95. The Labute approximate surface area is 207 Å². The van der Waals surface area contributed by atoms with Gasteiger partial charge in [-0.25, -0.2) is 9.49 Å². The largest absolute Gasteiger partial charge is 0.351 e. The molecule has 0 radical (unpaired) electrons. The van der Waals surface area contributed by atoms with E-state index >= 15 is 0 Å². The fraction of sp³-hybridized carbons (Fsp3) is 0.214. The summed E-state index contributed by atoms with van der Waals surface area (Å²) >= 11 is 0. The maximum absolute atomic E-state index is 14.5. The SMILES string of the molecule is CC(C)(CNC(=O)c1ccccc1)CNC(=O)c1cc(Cc2n[nH]c(=O)c3ccccc23)ccc1F. The molecule has 0 saturated heterocycles. The second kappa shape index (κ2) is 10.5. The van der Waals surface area contributed by atoms with E-state index in [1.165, 1.54) is 12.1 Å². The molecule has 1 heterocycles. The molecule has 0 atom stereocenters. The topological polar surface area (TPSA) is 104 Å². The van der Waals surface area contributed by atoms with Crippen LogP contribution in [0.2, 0.25) is 0 Å². The minimum absolute atomic E-state index is 0.0784. The van der Waals surface area contributed by atoms with Crippen molar-refractivity contribution in [2.24, 2.45) is 5.41 Å². The molecule has 36 heavy (non-hydrogen) atoms. The van der Waals surface area contributed by atoms with Gasteiger partial charge in [0.1, 0.15) is 5.82 Å². The van der Waals surface area contributed by atoms with Gasteiger partial charge in [0.25, 0.3) is 17.4 Å². The Bertz CT molecular complexity index is 1460. The molecule has 0 spiro atoms. The molecule has 0 bridgehead atoms. The maximum Gasteiger partial charge on any atom is 0.272 e. The summed E-state index contributed by atoms with van der Waals surface area (Å²) in [6.45, 7) is 4.36. The molecule has 8 heteroatoms. The Kier molecular flexibility index (Phi) is 7.24. The monoisotopic (exact) mass is 486 g/mol. The lowest BCUT2D eigenvalue weighted by atomic mass is 9.93. The number of carbonyl (C=O) groups is 2. The average molecular weight is 487 g/mol. The van der Waals surface area contributed by atoms with Crippen molar-refractivity contribution in [2.75, 3.05) is 13.1 Å². The summed E-state index contributed by atoms with van der Waals surface area (Å²) in [6.07, 6.45) is 0.314. The van der Waals surface area contributed by atoms with Crippen LogP contribution in [0.5, 0.6) is 0 Å². The van der Waals surface area contributed by atoms with Gasteiger partial charge in [0.15, 0.2) is 0 Å². The van der Waals surface area contributed by atoms with Crippen molar-refractivity contribution in [3.8, 4) is 0 Å². The third-order valence-electron chi connectivity index (χ3n) is 5.91. The molecule has 0 unspecified atom stereocenters. The molecule has 2 amide bonds. The van der Waals surface area contributed by atoms with E-state index in [0.717, 1.165) is 0 Å². The first-order chi connectivity index (χ1) is 17.2. The number of benzene rings is 3. The van der Waals surface area contributed by atoms with Crippen LogP contribution in [0, 0.1) is 11.2 Å². The fourth-order valence-electron chi connectivity index (χ4n) is 3.84. The lowest BCUT2D eigenvalue weighted by Gasteiger charge is -2.25. The summed E-state index contributed by atoms with van der Waals surface area (Å²) in [4.78, 5) is 37.2. The van der Waals surface area contributed by atoms with Crippen molar-refractivity contribution in [1.29, 1.82) is 0 Å². The number of fused-ring (bicyclic) bond motifs is 1. The third-order valence-corrected chi connectivity index (χ3v) is 5.91. The van der Waals surface area contributed by atoms with Crippen LogP contribution >= 0.6 is 0 Å². The number of rotatable bonds is 8. The quantitative estimate of drug-likeness (QED) is 0.352. The number of hydrogen-bond acceptors (Lipinski definition) is 4. The number of nitrogens with one attached hydrogen (secondary N) is 3. The summed E-state index contributed by atoms with van der Waals surface area (Å²) in [5.41, 5.74) is 1.04. The van der Waals surface area contributed by atoms with Crippen LogP contribution in [0.4, 0.5) is 4.39 Å². The molecular formula is C28H27FN4O3. The molecule has 184 valence electrons. The maximum atomic E-state index is 14.5. The summed E-state index contributed by atoms with van der Waals surface area (Å²) in [7, 11) is 0. The first kappa shape index (κ1) is 24.8. The normalized spacial score (nSPS) is 11.3. The lowest BCUT2D eigenvalue weighted by molar-refractivity contribution is 0.0918. The van der Waals surface area contributed by atoms with Gasteiger partial charge in [-0.15, -0.1) is 0 Å². The third kappa shape index (κ3) is 5.83. The van der Waals surface area contributed by atoms with Crippen molar-refractivity contribution in [3.05, 3.63) is 111 Å². The van der Waals surface area contributed by atoms with Crippen LogP contribution in [0.25, 0.3) is 10.8 Å². The zero-order valence-electron chi connectivity index (χ0n) is 20.1. The van der Waals surface area contributed by atoms with Gasteiger partial charge in [-0.3, -0.25) is 14.4 Å². The van der Waals surface area contributed by atoms with E-state index in [1.54, 1.807) is 42.5 Å². The molecule has 4 rings (SSSR count). The average Bonchev–Trinajstić information content (AvgIpc) is 2.89. The van der Waals surface area contributed by atoms with Crippen LogP contribution in [-0.2, 0) is 6.42 Å². The molecule has 0 fully saturated rings. The van der Waals surface area contributed by atoms with E-state index < -0.39 is 17.1 Å². The van der Waals surface area contributed by atoms with E-state index in [9.17, 15) is 18.8 Å². The van der Waals surface area contributed by atoms with E-state index in [0.29, 0.717) is 40.6 Å². The number of hydrogen-bond donors (Lipinski definition) is 3. The lowest BCUT2D eigenvalue weighted by Crippen LogP contribution is -2.42. The highest BCUT2D eigenvalue weighted by atomic mass is 19.1. The number of nitrogens with zero attached hydrogens (tertiary/aromatic N) is 1. The summed E-state index contributed by atoms with van der Waals surface area (Å²) < 4.78 is 14.5. The van der Waals surface area contributed by atoms with Crippen molar-refractivity contribution in [1.82, 2.24) is 20.8 Å². The second-order valence-corrected chi connectivity index (χ2v) is 9.43. The Morgan fingerprint density at radius 2 is 1.53 bits per heavy atom. The molecule has 0 aliphatic rings. The molecule has 7 nitrogen and oxygen atoms in total. The standard InChI is InChI=1S/C28H27FN4O3/c1-28(2,16-30-25(34)19-8-4-3-5-9-19)17-31-26(35)22-14-18(12-13-23(22)29)15-24-20-10-6-7-11-21(20)27(36)33-32-24/h3-14H,15-17H2,1-2H3,(H,30,34)(H,31,35)(H,33,36). The first-order valence-electron chi connectivity index (χ1n) is 11.6. The van der Waals surface area contributed by atoms with E-state index in [2.05, 4.69) is 20.8 Å². The van der Waals surface area contributed by atoms with Crippen LogP contribution in [0.15, 0.2) is 77.6 Å². The number of H-pyrrole nitrogens is 1. The minimum Gasteiger partial charge on any atom is -0.351 e. The number of amides is 2. The van der Waals surface area contributed by atoms with Crippen LogP contribution < -0.4 is 16.2 Å². The van der Waals surface area contributed by atoms with Gasteiger partial charge in [0.2, 0.25) is 0 Å². The fourth-order valence-corrected chi connectivity index (χ4v) is 3.84. The highest BCUT2D eigenvalue weighted by Gasteiger charge is 2.22. The number of carbonyl (C=O) groups excluding carboxylic acids is 2. The smallest absolute Gasteiger partial charge is 0.272 e. The van der Waals surface area contributed by atoms with Gasteiger partial charge >= 0.3 is 0 Å². The predicted molar refractivity (Wildman–Crippen MR) is 136 cm³/mol. The van der Waals surface area contributed by atoms with Gasteiger partial charge in [-0.05, 0) is 41.3 Å². The van der Waals surface area contributed by atoms with Crippen LogP contribution in [-0.4, -0.2) is 35.1 Å². The van der Waals surface area contributed by atoms with E-state index in [-0.39, 0.29) is 23.6 Å². The molecule has 0 aliphatic heterocycles. The predicted octanol–water partition coefficient (Wildman–Crippen LogP) is 3.84. The highest BCUT2D eigenvalue weighted by Crippen LogP contribution is 2.19. The van der Waals surface area contributed by atoms with Crippen molar-refractivity contribution in [3.63, 3.8) is 0 Å². The van der Waals surface area contributed by atoms with Crippen molar-refractivity contribution >= 4 is 22.6 Å². The Hall–Kier alpha value is -4.33. The zero-order valence-corrected chi connectivity index (χ0v) is 20.1. The molecule has 3 aromatic carbocycles. The van der Waals surface area contributed by atoms with Crippen molar-refractivity contribution < 1.29 is 14.0 Å². The van der Waals surface area contributed by atoms with Crippen molar-refractivity contribution in [2.45, 2.75) is 20.3 Å². The molecule has 1 aromatic heterocycles. The number of halogens is 1. The molecule has 3 N–H and O–H groups in total. The minimum atomic E-state index is -0.634. The first-order valence-corrected chi connectivity index (χ1v) is 11.6. The molecule has 0 saturated carbocycles. The van der Waals surface area contributed by atoms with Gasteiger partial charge in [-0.1, -0.05) is 56.3 Å². The molecular weight excluding hydrogens is 459 g/mol. The Balaban J connectivity index is 1.42. The number of aromatic amines is 1. The molecule has 4 aromatic rings. The van der Waals surface area contributed by atoms with Gasteiger partial charge < -0.3 is 10.6 Å². The number of aromatic nitrogens is 2. The summed E-state index contributed by atoms with van der Waals surface area (Å²) in [5, 5.41) is 13.5. The second-order valence-electron chi connectivity index (χ2n) is 9.43. The Morgan fingerprint density at radius 1 is 0.889 bits per heavy atom. The van der Waals surface area contributed by atoms with Gasteiger partial charge in [-0.2, -0.15) is 5.10 Å². The summed E-state index contributed by atoms with van der Waals surface area (Å²) in [5.74, 6) is -1.38. The van der Waals surface area contributed by atoms with E-state index in [1.807, 2.05) is 32.0 Å². The molecule has 0 aliphatic carbocycles. The van der Waals surface area contributed by atoms with Crippen LogP contribution in [0.3, 0.4) is 0 Å². The summed E-state index contributed by atoms with van der Waals surface area (Å²) in [6, 6.07) is 20.3. The van der Waals surface area contributed by atoms with Crippen LogP contribution in [0.1, 0.15) is 45.8 Å².